The van der Waals surface area contributed by atoms with E-state index in [0.29, 0.717) is 24.2 Å². The van der Waals surface area contributed by atoms with Crippen LogP contribution in [0.4, 0.5) is 11.8 Å². The molecule has 0 spiro atoms. The SMILES string of the molecule is Cc1nc(NC2CCSC2)nc(NC2C[C@H](C(C)(C)O)[C@@H](O)[C@H]2O)c1-c1nc2c(C)nccc2s1. The summed E-state index contributed by atoms with van der Waals surface area (Å²) >= 11 is 3.46. The van der Waals surface area contributed by atoms with Crippen LogP contribution in [0.1, 0.15) is 38.1 Å². The van der Waals surface area contributed by atoms with Gasteiger partial charge in [-0.05, 0) is 52.4 Å². The molecule has 0 bridgehead atoms. The van der Waals surface area contributed by atoms with E-state index in [9.17, 15) is 15.3 Å². The zero-order chi connectivity index (χ0) is 24.9. The molecule has 188 valence electrons. The standard InChI is InChI=1S/C24H32N6O3S2/c1-11-17(22-29-18-12(2)25-7-5-16(18)35-22)21(30-23(26-11)27-13-6-8-34-10-13)28-15-9-14(24(3,4)33)19(31)20(15)32/h5,7,13-15,19-20,31-33H,6,8-10H2,1-4H3,(H2,26,27,28,30)/t13?,14-,15?,19+,20-/m0/s1. The number of hydrogen-bond donors (Lipinski definition) is 5. The monoisotopic (exact) mass is 516 g/mol. The van der Waals surface area contributed by atoms with Crippen LogP contribution in [0.3, 0.4) is 0 Å². The Bertz CT molecular complexity index is 1220. The van der Waals surface area contributed by atoms with Gasteiger partial charge in [-0.1, -0.05) is 0 Å². The highest BCUT2D eigenvalue weighted by Gasteiger charge is 2.48. The summed E-state index contributed by atoms with van der Waals surface area (Å²) in [5.74, 6) is 2.75. The molecule has 5 atom stereocenters. The van der Waals surface area contributed by atoms with Crippen molar-refractivity contribution in [2.45, 2.75) is 70.4 Å². The fourth-order valence-electron chi connectivity index (χ4n) is 4.97. The Balaban J connectivity index is 1.55. The molecule has 5 N–H and O–H groups in total. The number of pyridine rings is 1. The summed E-state index contributed by atoms with van der Waals surface area (Å²) in [5.41, 5.74) is 2.13. The van der Waals surface area contributed by atoms with Crippen molar-refractivity contribution in [2.75, 3.05) is 22.1 Å². The zero-order valence-corrected chi connectivity index (χ0v) is 21.9. The number of fused-ring (bicyclic) bond motifs is 1. The predicted octanol–water partition coefficient (Wildman–Crippen LogP) is 2.98. The average Bonchev–Trinajstić information content (AvgIpc) is 3.50. The number of aliphatic hydroxyl groups is 3. The molecule has 1 saturated heterocycles. The van der Waals surface area contributed by atoms with Gasteiger partial charge in [0, 0.05) is 23.9 Å². The molecule has 1 aliphatic carbocycles. The van der Waals surface area contributed by atoms with Crippen LogP contribution in [-0.4, -0.2) is 76.7 Å². The second-order valence-corrected chi connectivity index (χ2v) is 12.2. The lowest BCUT2D eigenvalue weighted by atomic mass is 9.88. The molecule has 1 saturated carbocycles. The van der Waals surface area contributed by atoms with Crippen LogP contribution in [0.5, 0.6) is 0 Å². The summed E-state index contributed by atoms with van der Waals surface area (Å²) in [4.78, 5) is 18.8. The van der Waals surface area contributed by atoms with Crippen molar-refractivity contribution in [1.29, 1.82) is 0 Å². The third-order valence-corrected chi connectivity index (χ3v) is 9.17. The molecule has 2 aliphatic rings. The Labute approximate surface area is 212 Å². The number of thioether (sulfide) groups is 1. The molecule has 9 nitrogen and oxygen atoms in total. The molecule has 11 heteroatoms. The minimum Gasteiger partial charge on any atom is -0.390 e. The minimum atomic E-state index is -1.12. The Hall–Kier alpha value is -2.05. The van der Waals surface area contributed by atoms with E-state index in [1.807, 2.05) is 31.7 Å². The summed E-state index contributed by atoms with van der Waals surface area (Å²) in [6.45, 7) is 7.20. The molecule has 0 amide bonds. The highest BCUT2D eigenvalue weighted by Crippen LogP contribution is 2.40. The number of aliphatic hydroxyl groups excluding tert-OH is 2. The van der Waals surface area contributed by atoms with Crippen LogP contribution < -0.4 is 10.6 Å². The number of hydrogen-bond acceptors (Lipinski definition) is 11. The summed E-state index contributed by atoms with van der Waals surface area (Å²) in [5, 5.41) is 39.6. The van der Waals surface area contributed by atoms with Crippen molar-refractivity contribution in [3.63, 3.8) is 0 Å². The van der Waals surface area contributed by atoms with Gasteiger partial charge in [-0.25, -0.2) is 9.97 Å². The van der Waals surface area contributed by atoms with Gasteiger partial charge < -0.3 is 26.0 Å². The second kappa shape index (κ2) is 9.44. The van der Waals surface area contributed by atoms with Crippen LogP contribution in [-0.2, 0) is 0 Å². The van der Waals surface area contributed by atoms with Crippen LogP contribution in [0.15, 0.2) is 12.3 Å². The molecule has 5 rings (SSSR count). The smallest absolute Gasteiger partial charge is 0.225 e. The number of rotatable bonds is 6. The first-order chi connectivity index (χ1) is 16.6. The highest BCUT2D eigenvalue weighted by molar-refractivity contribution is 7.99. The van der Waals surface area contributed by atoms with Gasteiger partial charge >= 0.3 is 0 Å². The lowest BCUT2D eigenvalue weighted by Gasteiger charge is -2.28. The van der Waals surface area contributed by atoms with Gasteiger partial charge in [-0.15, -0.1) is 11.3 Å². The Kier molecular flexibility index (Phi) is 6.64. The fraction of sp³-hybridized carbons (Fsp3) is 0.583. The van der Waals surface area contributed by atoms with Crippen molar-refractivity contribution >= 4 is 45.1 Å². The lowest BCUT2D eigenvalue weighted by Crippen LogP contribution is -2.40. The zero-order valence-electron chi connectivity index (χ0n) is 20.3. The van der Waals surface area contributed by atoms with Gasteiger partial charge in [0.1, 0.15) is 22.4 Å². The molecule has 4 heterocycles. The van der Waals surface area contributed by atoms with Crippen molar-refractivity contribution in [3.8, 4) is 10.6 Å². The van der Waals surface area contributed by atoms with Gasteiger partial charge in [0.05, 0.1) is 39.4 Å². The van der Waals surface area contributed by atoms with E-state index in [1.54, 1.807) is 31.4 Å². The Morgan fingerprint density at radius 2 is 1.86 bits per heavy atom. The third-order valence-electron chi connectivity index (χ3n) is 6.97. The summed E-state index contributed by atoms with van der Waals surface area (Å²) in [7, 11) is 0. The van der Waals surface area contributed by atoms with Gasteiger partial charge in [0.15, 0.2) is 0 Å². The van der Waals surface area contributed by atoms with Crippen LogP contribution in [0.2, 0.25) is 0 Å². The van der Waals surface area contributed by atoms with Gasteiger partial charge in [0.2, 0.25) is 5.95 Å². The molecule has 3 aromatic rings. The lowest BCUT2D eigenvalue weighted by molar-refractivity contribution is -0.0601. The van der Waals surface area contributed by atoms with Crippen LogP contribution in [0, 0.1) is 19.8 Å². The van der Waals surface area contributed by atoms with Crippen molar-refractivity contribution < 1.29 is 15.3 Å². The van der Waals surface area contributed by atoms with E-state index < -0.39 is 29.8 Å². The van der Waals surface area contributed by atoms with Crippen molar-refractivity contribution in [2.24, 2.45) is 5.92 Å². The molecule has 2 fully saturated rings. The predicted molar refractivity (Wildman–Crippen MR) is 141 cm³/mol. The fourth-order valence-corrected chi connectivity index (χ4v) is 7.24. The number of aryl methyl sites for hydroxylation is 2. The molecule has 3 aromatic heterocycles. The third kappa shape index (κ3) is 4.84. The molecule has 2 unspecified atom stereocenters. The van der Waals surface area contributed by atoms with E-state index in [1.165, 1.54) is 0 Å². The molecule has 1 aliphatic heterocycles. The highest BCUT2D eigenvalue weighted by atomic mass is 32.2. The average molecular weight is 517 g/mol. The number of thiazole rings is 1. The Morgan fingerprint density at radius 1 is 1.06 bits per heavy atom. The van der Waals surface area contributed by atoms with E-state index in [2.05, 4.69) is 15.6 Å². The summed E-state index contributed by atoms with van der Waals surface area (Å²) in [6.07, 6.45) is 1.16. The molecule has 0 radical (unpaired) electrons. The molecular weight excluding hydrogens is 484 g/mol. The quantitative estimate of drug-likeness (QED) is 0.333. The van der Waals surface area contributed by atoms with E-state index in [4.69, 9.17) is 15.0 Å². The second-order valence-electron chi connectivity index (χ2n) is 10.1. The van der Waals surface area contributed by atoms with Gasteiger partial charge in [-0.3, -0.25) is 4.98 Å². The van der Waals surface area contributed by atoms with Gasteiger partial charge in [-0.2, -0.15) is 16.7 Å². The van der Waals surface area contributed by atoms with Crippen molar-refractivity contribution in [3.05, 3.63) is 23.7 Å². The number of aromatic nitrogens is 4. The maximum Gasteiger partial charge on any atom is 0.225 e. The van der Waals surface area contributed by atoms with E-state index in [0.717, 1.165) is 50.1 Å². The van der Waals surface area contributed by atoms with E-state index >= 15 is 0 Å². The largest absolute Gasteiger partial charge is 0.390 e. The topological polar surface area (TPSA) is 136 Å². The molecule has 0 aromatic carbocycles. The Morgan fingerprint density at radius 3 is 2.51 bits per heavy atom. The maximum absolute atomic E-state index is 10.8. The first-order valence-corrected chi connectivity index (χ1v) is 13.9. The first-order valence-electron chi connectivity index (χ1n) is 11.9. The van der Waals surface area contributed by atoms with Crippen molar-refractivity contribution in [1.82, 2.24) is 19.9 Å². The summed E-state index contributed by atoms with van der Waals surface area (Å²) in [6, 6.07) is 1.78. The van der Waals surface area contributed by atoms with Crippen LogP contribution in [0.25, 0.3) is 20.8 Å². The number of nitrogens with zero attached hydrogens (tertiary/aromatic N) is 4. The molecular formula is C24H32N6O3S2. The van der Waals surface area contributed by atoms with E-state index in [-0.39, 0.29) is 0 Å². The molecule has 35 heavy (non-hydrogen) atoms. The summed E-state index contributed by atoms with van der Waals surface area (Å²) < 4.78 is 1.03. The van der Waals surface area contributed by atoms with Gasteiger partial charge in [0.25, 0.3) is 0 Å². The maximum atomic E-state index is 10.8. The first kappa shape index (κ1) is 24.6. The van der Waals surface area contributed by atoms with Crippen LogP contribution >= 0.6 is 23.1 Å². The normalized spacial score (nSPS) is 27.0. The minimum absolute atomic E-state index is 0.313. The number of nitrogens with one attached hydrogen (secondary N) is 2. The number of anilines is 2.